The van der Waals surface area contributed by atoms with Gasteiger partial charge in [0.15, 0.2) is 5.96 Å². The molecule has 1 atom stereocenters. The highest BCUT2D eigenvalue weighted by atomic mass is 127. The van der Waals surface area contributed by atoms with Crippen LogP contribution < -0.4 is 15.4 Å². The number of nitrogens with zero attached hydrogens (tertiary/aromatic N) is 1. The maximum atomic E-state index is 10.5. The minimum absolute atomic E-state index is 0. The third-order valence-corrected chi connectivity index (χ3v) is 4.13. The van der Waals surface area contributed by atoms with Gasteiger partial charge < -0.3 is 24.9 Å². The molecule has 6 nitrogen and oxygen atoms in total. The lowest BCUT2D eigenvalue weighted by atomic mass is 10.0. The molecule has 0 saturated heterocycles. The van der Waals surface area contributed by atoms with E-state index in [1.807, 2.05) is 25.1 Å². The smallest absolute Gasteiger partial charge is 0.191 e. The molecule has 3 N–H and O–H groups in total. The van der Waals surface area contributed by atoms with E-state index < -0.39 is 5.60 Å². The molecule has 0 aliphatic carbocycles. The normalized spacial score (nSPS) is 13.6. The van der Waals surface area contributed by atoms with Crippen LogP contribution in [0.1, 0.15) is 44.9 Å². The van der Waals surface area contributed by atoms with Crippen molar-refractivity contribution in [1.29, 1.82) is 0 Å². The average molecular weight is 501 g/mol. The number of aliphatic hydroxyl groups is 1. The molecule has 1 heterocycles. The molecule has 0 spiro atoms. The van der Waals surface area contributed by atoms with Gasteiger partial charge in [-0.1, -0.05) is 32.0 Å². The van der Waals surface area contributed by atoms with Crippen LogP contribution >= 0.6 is 24.0 Å². The van der Waals surface area contributed by atoms with Gasteiger partial charge in [0.1, 0.15) is 23.7 Å². The zero-order valence-corrected chi connectivity index (χ0v) is 19.4. The Labute approximate surface area is 184 Å². The largest absolute Gasteiger partial charge is 0.491 e. The highest BCUT2D eigenvalue weighted by Gasteiger charge is 2.26. The fourth-order valence-corrected chi connectivity index (χ4v) is 2.66. The van der Waals surface area contributed by atoms with E-state index in [2.05, 4.69) is 35.5 Å². The van der Waals surface area contributed by atoms with Crippen LogP contribution in [0.25, 0.3) is 0 Å². The van der Waals surface area contributed by atoms with E-state index in [4.69, 9.17) is 9.15 Å². The molecule has 28 heavy (non-hydrogen) atoms. The van der Waals surface area contributed by atoms with E-state index in [0.29, 0.717) is 30.8 Å². The number of rotatable bonds is 9. The Morgan fingerprint density at radius 3 is 2.61 bits per heavy atom. The first-order chi connectivity index (χ1) is 12.9. The van der Waals surface area contributed by atoms with Gasteiger partial charge >= 0.3 is 0 Å². The molecule has 0 radical (unpaired) electrons. The van der Waals surface area contributed by atoms with Crippen molar-refractivity contribution in [3.63, 3.8) is 0 Å². The number of hydrogen-bond donors (Lipinski definition) is 3. The highest BCUT2D eigenvalue weighted by Crippen LogP contribution is 2.25. The molecule has 1 aromatic heterocycles. The molecule has 156 valence electrons. The van der Waals surface area contributed by atoms with E-state index >= 15 is 0 Å². The van der Waals surface area contributed by atoms with Crippen molar-refractivity contribution >= 4 is 29.9 Å². The van der Waals surface area contributed by atoms with E-state index in [1.165, 1.54) is 5.56 Å². The van der Waals surface area contributed by atoms with E-state index in [9.17, 15) is 5.11 Å². The number of para-hydroxylation sites is 1. The summed E-state index contributed by atoms with van der Waals surface area (Å²) in [6.07, 6.45) is 1.54. The van der Waals surface area contributed by atoms with Crippen LogP contribution in [0.15, 0.2) is 52.1 Å². The number of furan rings is 1. The Hall–Kier alpha value is -1.74. The van der Waals surface area contributed by atoms with E-state index in [0.717, 1.165) is 12.3 Å². The van der Waals surface area contributed by atoms with Gasteiger partial charge in [0.25, 0.3) is 0 Å². The molecule has 0 aliphatic heterocycles. The second-order valence-electron chi connectivity index (χ2n) is 6.91. The Kier molecular flexibility index (Phi) is 10.4. The van der Waals surface area contributed by atoms with Crippen LogP contribution in [0.3, 0.4) is 0 Å². The zero-order valence-electron chi connectivity index (χ0n) is 17.1. The van der Waals surface area contributed by atoms with Crippen LogP contribution in [-0.2, 0) is 5.60 Å². The summed E-state index contributed by atoms with van der Waals surface area (Å²) in [6, 6.07) is 11.6. The van der Waals surface area contributed by atoms with Gasteiger partial charge in [-0.3, -0.25) is 0 Å². The summed E-state index contributed by atoms with van der Waals surface area (Å²) in [5.74, 6) is 2.45. The summed E-state index contributed by atoms with van der Waals surface area (Å²) in [5, 5.41) is 16.9. The molecule has 2 rings (SSSR count). The fraction of sp³-hybridized carbons (Fsp3) is 0.476. The molecular formula is C21H32IN3O3. The summed E-state index contributed by atoms with van der Waals surface area (Å²) in [7, 11) is 0. The van der Waals surface area contributed by atoms with Crippen LogP contribution in [0.5, 0.6) is 5.75 Å². The van der Waals surface area contributed by atoms with Gasteiger partial charge in [-0.15, -0.1) is 24.0 Å². The first kappa shape index (κ1) is 24.3. The Balaban J connectivity index is 0.00000392. The lowest BCUT2D eigenvalue weighted by Crippen LogP contribution is -2.40. The minimum Gasteiger partial charge on any atom is -0.491 e. The maximum absolute atomic E-state index is 10.5. The average Bonchev–Trinajstić information content (AvgIpc) is 3.19. The van der Waals surface area contributed by atoms with Gasteiger partial charge in [-0.05, 0) is 43.5 Å². The van der Waals surface area contributed by atoms with Gasteiger partial charge in [-0.2, -0.15) is 0 Å². The van der Waals surface area contributed by atoms with Gasteiger partial charge in [-0.25, -0.2) is 4.99 Å². The first-order valence-electron chi connectivity index (χ1n) is 9.44. The van der Waals surface area contributed by atoms with Crippen molar-refractivity contribution in [1.82, 2.24) is 10.6 Å². The van der Waals surface area contributed by atoms with Crippen molar-refractivity contribution < 1.29 is 14.3 Å². The fourth-order valence-electron chi connectivity index (χ4n) is 2.66. The topological polar surface area (TPSA) is 79.0 Å². The second kappa shape index (κ2) is 12.0. The van der Waals surface area contributed by atoms with Crippen LogP contribution in [0.2, 0.25) is 0 Å². The van der Waals surface area contributed by atoms with Gasteiger partial charge in [0.05, 0.1) is 19.4 Å². The van der Waals surface area contributed by atoms with Crippen LogP contribution in [0.4, 0.5) is 0 Å². The number of hydrogen-bond acceptors (Lipinski definition) is 4. The van der Waals surface area contributed by atoms with Crippen molar-refractivity contribution in [2.75, 3.05) is 26.2 Å². The molecule has 7 heteroatoms. The van der Waals surface area contributed by atoms with E-state index in [1.54, 1.807) is 25.3 Å². The quantitative estimate of drug-likeness (QED) is 0.211. The molecule has 0 aliphatic rings. The molecule has 2 aromatic rings. The van der Waals surface area contributed by atoms with Crippen molar-refractivity contribution in [3.8, 4) is 5.75 Å². The monoisotopic (exact) mass is 501 g/mol. The Bertz CT molecular complexity index is 715. The van der Waals surface area contributed by atoms with Crippen molar-refractivity contribution in [2.45, 2.75) is 39.2 Å². The molecular weight excluding hydrogens is 469 g/mol. The number of benzene rings is 1. The summed E-state index contributed by atoms with van der Waals surface area (Å²) >= 11 is 0. The number of ether oxygens (including phenoxy) is 1. The lowest BCUT2D eigenvalue weighted by molar-refractivity contribution is 0.0437. The van der Waals surface area contributed by atoms with Crippen molar-refractivity contribution in [2.24, 2.45) is 4.99 Å². The molecule has 1 aromatic carbocycles. The minimum atomic E-state index is -1.15. The number of guanidine groups is 1. The second-order valence-corrected chi connectivity index (χ2v) is 6.91. The number of nitrogens with one attached hydrogen (secondary N) is 2. The maximum Gasteiger partial charge on any atom is 0.191 e. The van der Waals surface area contributed by atoms with Crippen molar-refractivity contribution in [3.05, 3.63) is 54.0 Å². The SMILES string of the molecule is CCNC(=NCC(C)(O)c1ccco1)NCCOc1ccccc1C(C)C.I. The third kappa shape index (κ3) is 7.35. The number of aliphatic imine (C=N–C) groups is 1. The predicted octanol–water partition coefficient (Wildman–Crippen LogP) is 3.86. The highest BCUT2D eigenvalue weighted by molar-refractivity contribution is 14.0. The van der Waals surface area contributed by atoms with E-state index in [-0.39, 0.29) is 30.5 Å². The molecule has 1 unspecified atom stereocenters. The molecule has 0 amide bonds. The predicted molar refractivity (Wildman–Crippen MR) is 124 cm³/mol. The molecule has 0 fully saturated rings. The summed E-state index contributed by atoms with van der Waals surface area (Å²) in [6.45, 7) is 10.0. The summed E-state index contributed by atoms with van der Waals surface area (Å²) in [5.41, 5.74) is 0.0472. The standard InChI is InChI=1S/C21H31N3O3.HI/c1-5-22-20(24-15-21(4,25)19-11-8-13-27-19)23-12-14-26-18-10-7-6-9-17(18)16(2)3;/h6-11,13,16,25H,5,12,14-15H2,1-4H3,(H2,22,23,24);1H. The Morgan fingerprint density at radius 1 is 1.21 bits per heavy atom. The lowest BCUT2D eigenvalue weighted by Gasteiger charge is -2.20. The van der Waals surface area contributed by atoms with Gasteiger partial charge in [0, 0.05) is 6.54 Å². The summed E-state index contributed by atoms with van der Waals surface area (Å²) in [4.78, 5) is 4.46. The molecule has 0 saturated carbocycles. The summed E-state index contributed by atoms with van der Waals surface area (Å²) < 4.78 is 11.2. The third-order valence-electron chi connectivity index (χ3n) is 4.13. The first-order valence-corrected chi connectivity index (χ1v) is 9.44. The van der Waals surface area contributed by atoms with Crippen LogP contribution in [0, 0.1) is 0 Å². The van der Waals surface area contributed by atoms with Gasteiger partial charge in [0.2, 0.25) is 0 Å². The molecule has 0 bridgehead atoms. The Morgan fingerprint density at radius 2 is 1.96 bits per heavy atom. The number of halogens is 1. The van der Waals surface area contributed by atoms with Crippen LogP contribution in [-0.4, -0.2) is 37.3 Å². The zero-order chi connectivity index (χ0) is 19.7.